The fourth-order valence-corrected chi connectivity index (χ4v) is 5.24. The maximum Gasteiger partial charge on any atom is 0.295 e. The topological polar surface area (TPSA) is 135 Å². The van der Waals surface area contributed by atoms with E-state index in [1.165, 1.54) is 35.4 Å². The van der Waals surface area contributed by atoms with Crippen LogP contribution in [0.1, 0.15) is 11.1 Å². The summed E-state index contributed by atoms with van der Waals surface area (Å²) < 4.78 is 56.3. The Labute approximate surface area is 179 Å². The molecular formula is C21H20N2O6S2. The Morgan fingerprint density at radius 2 is 1.52 bits per heavy atom. The molecule has 0 aliphatic carbocycles. The average Bonchev–Trinajstić information content (AvgIpc) is 2.67. The Bertz CT molecular complexity index is 1470. The first-order valence-electron chi connectivity index (χ1n) is 9.04. The Morgan fingerprint density at radius 3 is 1.97 bits per heavy atom. The van der Waals surface area contributed by atoms with Crippen LogP contribution in [-0.2, 0) is 20.0 Å². The summed E-state index contributed by atoms with van der Waals surface area (Å²) in [5.41, 5.74) is 4.47. The predicted octanol–water partition coefficient (Wildman–Crippen LogP) is 3.44. The van der Waals surface area contributed by atoms with Crippen molar-refractivity contribution in [2.75, 3.05) is 5.75 Å². The molecule has 2 N–H and O–H groups in total. The molecule has 0 aliphatic heterocycles. The fourth-order valence-electron chi connectivity index (χ4n) is 3.25. The molecule has 2 bridgehead atoms. The van der Waals surface area contributed by atoms with Crippen LogP contribution in [0.5, 0.6) is 5.75 Å². The van der Waals surface area contributed by atoms with E-state index in [2.05, 4.69) is 42.8 Å². The summed E-state index contributed by atoms with van der Waals surface area (Å²) >= 11 is 0. The van der Waals surface area contributed by atoms with Gasteiger partial charge in [-0.05, 0) is 43.2 Å². The van der Waals surface area contributed by atoms with Crippen molar-refractivity contribution in [2.24, 2.45) is 0 Å². The van der Waals surface area contributed by atoms with Crippen LogP contribution < -0.4 is 0 Å². The van der Waals surface area contributed by atoms with E-state index in [0.29, 0.717) is 0 Å². The van der Waals surface area contributed by atoms with Gasteiger partial charge in [0, 0.05) is 10.8 Å². The number of aryl methyl sites for hydroxylation is 2. The van der Waals surface area contributed by atoms with Crippen molar-refractivity contribution in [1.29, 1.82) is 0 Å². The molecule has 0 saturated heterocycles. The molecular weight excluding hydrogens is 440 g/mol. The maximum atomic E-state index is 12.1. The third kappa shape index (κ3) is 4.50. The van der Waals surface area contributed by atoms with E-state index >= 15 is 0 Å². The summed E-state index contributed by atoms with van der Waals surface area (Å²) in [5, 5.41) is 18.2. The highest BCUT2D eigenvalue weighted by Crippen LogP contribution is 2.36. The van der Waals surface area contributed by atoms with Crippen LogP contribution in [-0.4, -0.2) is 42.4 Å². The highest BCUT2D eigenvalue weighted by atomic mass is 32.2. The molecule has 2 aromatic heterocycles. The van der Waals surface area contributed by atoms with Gasteiger partial charge < -0.3 is 5.11 Å². The lowest BCUT2D eigenvalue weighted by molar-refractivity contribution is 0.464. The van der Waals surface area contributed by atoms with Crippen molar-refractivity contribution in [3.05, 3.63) is 66.2 Å². The highest BCUT2D eigenvalue weighted by molar-refractivity contribution is 7.91. The molecule has 3 aromatic carbocycles. The Hall–Kier alpha value is -3.08. The van der Waals surface area contributed by atoms with Crippen LogP contribution in [0.15, 0.2) is 64.9 Å². The quantitative estimate of drug-likeness (QED) is 0.349. The van der Waals surface area contributed by atoms with E-state index in [4.69, 9.17) is 0 Å². The number of aromatic hydroxyl groups is 1. The third-order valence-corrected chi connectivity index (χ3v) is 7.18. The first kappa shape index (κ1) is 22.6. The largest absolute Gasteiger partial charge is 0.506 e. The van der Waals surface area contributed by atoms with Crippen molar-refractivity contribution < 1.29 is 26.5 Å². The molecule has 0 fully saturated rings. The van der Waals surface area contributed by atoms with Crippen LogP contribution in [0.4, 0.5) is 0 Å². The Balaban J connectivity index is 0.000000225. The first-order chi connectivity index (χ1) is 14.5. The molecule has 5 aromatic rings. The highest BCUT2D eigenvalue weighted by Gasteiger charge is 2.25. The second kappa shape index (κ2) is 8.22. The SMILES string of the molecule is C=CCS(=O)(=O)c1cc(S(=O)(=O)O)c2ccccc2c1O.Cc1cc2cc(C)c1nn2. The van der Waals surface area contributed by atoms with Crippen molar-refractivity contribution in [1.82, 2.24) is 10.2 Å². The molecule has 0 aliphatic rings. The lowest BCUT2D eigenvalue weighted by atomic mass is 10.1. The summed E-state index contributed by atoms with van der Waals surface area (Å²) in [7, 11) is -8.60. The van der Waals surface area contributed by atoms with Gasteiger partial charge in [0.1, 0.15) is 15.5 Å². The van der Waals surface area contributed by atoms with E-state index in [-0.39, 0.29) is 10.8 Å². The number of rotatable bonds is 4. The normalized spacial score (nSPS) is 12.0. The average molecular weight is 461 g/mol. The van der Waals surface area contributed by atoms with Crippen LogP contribution in [0.25, 0.3) is 21.8 Å². The van der Waals surface area contributed by atoms with Crippen LogP contribution >= 0.6 is 0 Å². The van der Waals surface area contributed by atoms with E-state index < -0.39 is 41.2 Å². The number of sulfone groups is 1. The molecule has 0 unspecified atom stereocenters. The Morgan fingerprint density at radius 1 is 0.935 bits per heavy atom. The smallest absolute Gasteiger partial charge is 0.295 e. The molecule has 0 saturated carbocycles. The van der Waals surface area contributed by atoms with Crippen molar-refractivity contribution >= 4 is 41.8 Å². The van der Waals surface area contributed by atoms with Crippen molar-refractivity contribution in [3.8, 4) is 5.75 Å². The minimum Gasteiger partial charge on any atom is -0.506 e. The van der Waals surface area contributed by atoms with Crippen molar-refractivity contribution in [2.45, 2.75) is 23.6 Å². The van der Waals surface area contributed by atoms with Gasteiger partial charge in [-0.3, -0.25) is 4.55 Å². The molecule has 0 amide bonds. The lowest BCUT2D eigenvalue weighted by Crippen LogP contribution is -2.08. The van der Waals surface area contributed by atoms with Gasteiger partial charge in [-0.15, -0.1) is 6.58 Å². The van der Waals surface area contributed by atoms with Crippen LogP contribution in [0.3, 0.4) is 0 Å². The van der Waals surface area contributed by atoms with E-state index in [1.54, 1.807) is 0 Å². The van der Waals surface area contributed by atoms with Gasteiger partial charge >= 0.3 is 0 Å². The minimum absolute atomic E-state index is 0.0234. The monoisotopic (exact) mass is 460 g/mol. The van der Waals surface area contributed by atoms with Crippen LogP contribution in [0.2, 0.25) is 0 Å². The second-order valence-electron chi connectivity index (χ2n) is 6.94. The van der Waals surface area contributed by atoms with Gasteiger partial charge in [0.15, 0.2) is 9.84 Å². The number of aromatic nitrogens is 2. The molecule has 162 valence electrons. The molecule has 31 heavy (non-hydrogen) atoms. The summed E-state index contributed by atoms with van der Waals surface area (Å²) in [6.45, 7) is 7.43. The Kier molecular flexibility index (Phi) is 5.99. The third-order valence-electron chi connectivity index (χ3n) is 4.63. The first-order valence-corrected chi connectivity index (χ1v) is 12.1. The number of fused-ring (bicyclic) bond motifs is 4. The summed E-state index contributed by atoms with van der Waals surface area (Å²) in [6.07, 6.45) is 1.12. The molecule has 5 rings (SSSR count). The van der Waals surface area contributed by atoms with Gasteiger partial charge in [0.05, 0.1) is 16.8 Å². The number of benzene rings is 3. The standard InChI is InChI=1S/C13H12O6S2.C8H8N2/c1-2-7-20(15,16)12-8-11(21(17,18)19)9-5-3-4-6-10(9)13(12)14;1-5-3-7-4-6(2)8(5)10-9-7/h2-6,8,14H,1,7H2,(H,17,18,19);3-4H,1-2H3. The van der Waals surface area contributed by atoms with Gasteiger partial charge in [0.25, 0.3) is 10.1 Å². The zero-order valence-corrected chi connectivity index (χ0v) is 18.4. The zero-order valence-electron chi connectivity index (χ0n) is 16.8. The van der Waals surface area contributed by atoms with Gasteiger partial charge in [-0.1, -0.05) is 30.3 Å². The zero-order chi connectivity index (χ0) is 23.0. The molecule has 10 heteroatoms. The van der Waals surface area contributed by atoms with Gasteiger partial charge in [0.2, 0.25) is 0 Å². The number of phenolic OH excluding ortho intramolecular Hbond substituents is 1. The molecule has 0 radical (unpaired) electrons. The lowest BCUT2D eigenvalue weighted by Gasteiger charge is -2.11. The maximum absolute atomic E-state index is 12.1. The van der Waals surface area contributed by atoms with E-state index in [0.717, 1.165) is 23.2 Å². The van der Waals surface area contributed by atoms with Gasteiger partial charge in [-0.2, -0.15) is 18.6 Å². The van der Waals surface area contributed by atoms with Gasteiger partial charge in [-0.25, -0.2) is 8.42 Å². The minimum atomic E-state index is -4.65. The molecule has 8 nitrogen and oxygen atoms in total. The van der Waals surface area contributed by atoms with Crippen LogP contribution in [0, 0.1) is 13.8 Å². The fraction of sp³-hybridized carbons (Fsp3) is 0.143. The molecule has 0 atom stereocenters. The second-order valence-corrected chi connectivity index (χ2v) is 10.3. The summed E-state index contributed by atoms with van der Waals surface area (Å²) in [5.74, 6) is -1.02. The summed E-state index contributed by atoms with van der Waals surface area (Å²) in [6, 6.07) is 10.6. The van der Waals surface area contributed by atoms with E-state index in [9.17, 15) is 26.5 Å². The molecule has 0 spiro atoms. The number of nitrogens with zero attached hydrogens (tertiary/aromatic N) is 2. The summed E-state index contributed by atoms with van der Waals surface area (Å²) in [4.78, 5) is -1.13. The molecule has 2 heterocycles. The number of phenols is 1. The van der Waals surface area contributed by atoms with E-state index in [1.807, 2.05) is 0 Å². The van der Waals surface area contributed by atoms with Crippen molar-refractivity contribution in [3.63, 3.8) is 0 Å². The predicted molar refractivity (Wildman–Crippen MR) is 118 cm³/mol. The number of hydrogen-bond acceptors (Lipinski definition) is 7. The number of hydrogen-bond donors (Lipinski definition) is 2.